The van der Waals surface area contributed by atoms with Crippen molar-refractivity contribution in [3.05, 3.63) is 69.7 Å². The Bertz CT molecular complexity index is 1200. The Hall–Kier alpha value is -2.71. The van der Waals surface area contributed by atoms with Crippen LogP contribution in [0.3, 0.4) is 0 Å². The summed E-state index contributed by atoms with van der Waals surface area (Å²) in [6, 6.07) is 11.1. The van der Waals surface area contributed by atoms with Crippen molar-refractivity contribution >= 4 is 57.1 Å². The van der Waals surface area contributed by atoms with Gasteiger partial charge in [0.25, 0.3) is 5.91 Å². The first kappa shape index (κ1) is 19.6. The zero-order valence-electron chi connectivity index (χ0n) is 14.9. The van der Waals surface area contributed by atoms with E-state index >= 15 is 0 Å². The molecule has 2 heterocycles. The van der Waals surface area contributed by atoms with Crippen LogP contribution in [0.1, 0.15) is 11.1 Å². The fraction of sp³-hybridized carbons (Fsp3) is 0.100. The molecule has 0 unspecified atom stereocenters. The molecule has 0 radical (unpaired) electrons. The summed E-state index contributed by atoms with van der Waals surface area (Å²) in [6.45, 7) is 0. The summed E-state index contributed by atoms with van der Waals surface area (Å²) in [6.07, 6.45) is -0.928. The predicted molar refractivity (Wildman–Crippen MR) is 110 cm³/mol. The van der Waals surface area contributed by atoms with E-state index in [0.717, 1.165) is 40.4 Å². The summed E-state index contributed by atoms with van der Waals surface area (Å²) in [4.78, 5) is 16.8. The number of fused-ring (bicyclic) bond motifs is 1. The molecule has 1 aliphatic rings. The molecule has 1 saturated heterocycles. The minimum atomic E-state index is -4.58. The van der Waals surface area contributed by atoms with Crippen molar-refractivity contribution in [2.75, 3.05) is 0 Å². The first-order valence-corrected chi connectivity index (χ1v) is 9.62. The molecule has 1 aliphatic heterocycles. The number of carbonyl (C=O) groups is 1. The molecule has 1 fully saturated rings. The van der Waals surface area contributed by atoms with Gasteiger partial charge in [-0.1, -0.05) is 29.8 Å². The quantitative estimate of drug-likeness (QED) is 0.521. The molecule has 0 bridgehead atoms. The number of thioether (sulfide) groups is 1. The molecule has 148 valence electrons. The van der Waals surface area contributed by atoms with Gasteiger partial charge in [0.15, 0.2) is 5.17 Å². The summed E-state index contributed by atoms with van der Waals surface area (Å²) in [5.74, 6) is -0.355. The molecular formula is C20H13ClF3N3OS. The highest BCUT2D eigenvalue weighted by Crippen LogP contribution is 2.37. The number of halogens is 4. The lowest BCUT2D eigenvalue weighted by atomic mass is 10.1. The van der Waals surface area contributed by atoms with E-state index in [1.165, 1.54) is 6.07 Å². The van der Waals surface area contributed by atoms with Gasteiger partial charge in [-0.05, 0) is 42.1 Å². The minimum absolute atomic E-state index is 0.0518. The number of hydrogen-bond donors (Lipinski definition) is 1. The third kappa shape index (κ3) is 3.90. The number of amides is 1. The summed E-state index contributed by atoms with van der Waals surface area (Å²) < 4.78 is 41.0. The number of amidine groups is 1. The van der Waals surface area contributed by atoms with Crippen LogP contribution >= 0.6 is 23.4 Å². The predicted octanol–water partition coefficient (Wildman–Crippen LogP) is 5.74. The van der Waals surface area contributed by atoms with Crippen LogP contribution in [-0.2, 0) is 18.0 Å². The number of aliphatic imine (C=N–C) groups is 1. The molecule has 3 aromatic rings. The van der Waals surface area contributed by atoms with Gasteiger partial charge in [-0.25, -0.2) is 4.99 Å². The molecule has 29 heavy (non-hydrogen) atoms. The maximum absolute atomic E-state index is 13.0. The molecule has 2 aromatic carbocycles. The number of nitrogens with zero attached hydrogens (tertiary/aromatic N) is 2. The van der Waals surface area contributed by atoms with Crippen LogP contribution in [0, 0.1) is 0 Å². The van der Waals surface area contributed by atoms with E-state index < -0.39 is 16.8 Å². The minimum Gasteiger partial charge on any atom is -0.350 e. The number of benzene rings is 2. The third-order valence-corrected chi connectivity index (χ3v) is 5.59. The van der Waals surface area contributed by atoms with Gasteiger partial charge in [0, 0.05) is 29.7 Å². The maximum Gasteiger partial charge on any atom is 0.417 e. The molecule has 4 rings (SSSR count). The highest BCUT2D eigenvalue weighted by atomic mass is 35.5. The second kappa shape index (κ2) is 7.27. The second-order valence-corrected chi connectivity index (χ2v) is 7.79. The van der Waals surface area contributed by atoms with Gasteiger partial charge in [0.05, 0.1) is 21.2 Å². The van der Waals surface area contributed by atoms with Gasteiger partial charge in [-0.2, -0.15) is 13.2 Å². The van der Waals surface area contributed by atoms with Gasteiger partial charge in [0.2, 0.25) is 0 Å². The van der Waals surface area contributed by atoms with Gasteiger partial charge in [0.1, 0.15) is 0 Å². The van der Waals surface area contributed by atoms with E-state index in [0.29, 0.717) is 4.91 Å². The van der Waals surface area contributed by atoms with Crippen LogP contribution in [0.25, 0.3) is 17.0 Å². The number of rotatable bonds is 2. The van der Waals surface area contributed by atoms with Crippen molar-refractivity contribution in [3.63, 3.8) is 0 Å². The van der Waals surface area contributed by atoms with E-state index in [-0.39, 0.29) is 16.8 Å². The second-order valence-electron chi connectivity index (χ2n) is 6.36. The largest absolute Gasteiger partial charge is 0.417 e. The SMILES string of the molecule is Cn1cc(/C=C2\SC(=Nc3ccc(Cl)c(C(F)(F)F)c3)NC2=O)c2ccccc21. The zero-order valence-corrected chi connectivity index (χ0v) is 16.5. The average molecular weight is 436 g/mol. The monoisotopic (exact) mass is 435 g/mol. The van der Waals surface area contributed by atoms with Crippen LogP contribution in [0.4, 0.5) is 18.9 Å². The molecule has 0 saturated carbocycles. The Morgan fingerprint density at radius 2 is 1.97 bits per heavy atom. The van der Waals surface area contributed by atoms with Crippen LogP contribution < -0.4 is 5.32 Å². The fourth-order valence-corrected chi connectivity index (χ4v) is 4.08. The molecular weight excluding hydrogens is 423 g/mol. The topological polar surface area (TPSA) is 46.4 Å². The van der Waals surface area contributed by atoms with Crippen molar-refractivity contribution in [1.29, 1.82) is 0 Å². The zero-order chi connectivity index (χ0) is 20.8. The lowest BCUT2D eigenvalue weighted by Crippen LogP contribution is -2.19. The van der Waals surface area contributed by atoms with Crippen molar-refractivity contribution in [1.82, 2.24) is 9.88 Å². The highest BCUT2D eigenvalue weighted by Gasteiger charge is 2.33. The molecule has 1 amide bonds. The van der Waals surface area contributed by atoms with Crippen LogP contribution in [0.5, 0.6) is 0 Å². The van der Waals surface area contributed by atoms with Crippen molar-refractivity contribution in [2.45, 2.75) is 6.18 Å². The van der Waals surface area contributed by atoms with Crippen molar-refractivity contribution in [3.8, 4) is 0 Å². The molecule has 9 heteroatoms. The standard InChI is InChI=1S/C20H13ClF3N3OS/c1-27-10-11(13-4-2-3-5-16(13)27)8-17-18(28)26-19(29-17)25-12-6-7-15(21)14(9-12)20(22,23)24/h2-10H,1H3,(H,25,26,28)/b17-8-. The Kier molecular flexibility index (Phi) is 4.92. The lowest BCUT2D eigenvalue weighted by Gasteiger charge is -2.09. The summed E-state index contributed by atoms with van der Waals surface area (Å²) in [7, 11) is 1.91. The van der Waals surface area contributed by atoms with E-state index in [4.69, 9.17) is 11.6 Å². The first-order chi connectivity index (χ1) is 13.7. The van der Waals surface area contributed by atoms with E-state index in [2.05, 4.69) is 10.3 Å². The number of alkyl halides is 3. The Labute approximate surface area is 173 Å². The normalized spacial score (nSPS) is 17.5. The number of nitrogens with one attached hydrogen (secondary N) is 1. The van der Waals surface area contributed by atoms with Crippen molar-refractivity contribution < 1.29 is 18.0 Å². The van der Waals surface area contributed by atoms with Gasteiger partial charge < -0.3 is 9.88 Å². The number of hydrogen-bond acceptors (Lipinski definition) is 3. The molecule has 0 atom stereocenters. The number of aryl methyl sites for hydroxylation is 1. The van der Waals surface area contributed by atoms with Gasteiger partial charge in [-0.3, -0.25) is 4.79 Å². The average Bonchev–Trinajstić information content (AvgIpc) is 3.16. The smallest absolute Gasteiger partial charge is 0.350 e. The fourth-order valence-electron chi connectivity index (χ4n) is 3.03. The van der Waals surface area contributed by atoms with Gasteiger partial charge >= 0.3 is 6.18 Å². The summed E-state index contributed by atoms with van der Waals surface area (Å²) >= 11 is 6.70. The van der Waals surface area contributed by atoms with E-state index in [9.17, 15) is 18.0 Å². The number of aromatic nitrogens is 1. The van der Waals surface area contributed by atoms with Gasteiger partial charge in [-0.15, -0.1) is 0 Å². The molecule has 1 aromatic heterocycles. The third-order valence-electron chi connectivity index (χ3n) is 4.35. The Balaban J connectivity index is 1.65. The molecule has 1 N–H and O–H groups in total. The van der Waals surface area contributed by atoms with E-state index in [1.54, 1.807) is 6.08 Å². The van der Waals surface area contributed by atoms with Crippen LogP contribution in [0.15, 0.2) is 58.6 Å². The lowest BCUT2D eigenvalue weighted by molar-refractivity contribution is -0.137. The maximum atomic E-state index is 13.0. The summed E-state index contributed by atoms with van der Waals surface area (Å²) in [5, 5.41) is 3.38. The highest BCUT2D eigenvalue weighted by molar-refractivity contribution is 8.18. The molecule has 0 spiro atoms. The Morgan fingerprint density at radius 1 is 1.21 bits per heavy atom. The van der Waals surface area contributed by atoms with E-state index in [1.807, 2.05) is 42.1 Å². The first-order valence-electron chi connectivity index (χ1n) is 8.43. The molecule has 4 nitrogen and oxygen atoms in total. The number of carbonyl (C=O) groups excluding carboxylic acids is 1. The molecule has 0 aliphatic carbocycles. The number of para-hydroxylation sites is 1. The summed E-state index contributed by atoms with van der Waals surface area (Å²) in [5.41, 5.74) is 0.975. The van der Waals surface area contributed by atoms with Crippen LogP contribution in [-0.4, -0.2) is 15.6 Å². The van der Waals surface area contributed by atoms with Crippen LogP contribution in [0.2, 0.25) is 5.02 Å². The van der Waals surface area contributed by atoms with Crippen molar-refractivity contribution in [2.24, 2.45) is 12.0 Å². The Morgan fingerprint density at radius 3 is 2.72 bits per heavy atom.